The summed E-state index contributed by atoms with van der Waals surface area (Å²) in [4.78, 5) is 11.8. The zero-order chi connectivity index (χ0) is 17.7. The molecule has 0 aliphatic carbocycles. The number of carbonyl (C=O) groups excluding carboxylic acids is 1. The van der Waals surface area contributed by atoms with Crippen molar-refractivity contribution in [3.05, 3.63) is 29.8 Å². The zero-order valence-electron chi connectivity index (χ0n) is 13.4. The second kappa shape index (κ2) is 7.68. The molecule has 0 saturated carbocycles. The Morgan fingerprint density at radius 1 is 1.26 bits per heavy atom. The van der Waals surface area contributed by atoms with E-state index in [0.29, 0.717) is 5.56 Å². The number of hydrogen-bond acceptors (Lipinski definition) is 3. The highest BCUT2D eigenvalue weighted by molar-refractivity contribution is 5.76. The van der Waals surface area contributed by atoms with Gasteiger partial charge < -0.3 is 15.2 Å². The molecule has 2 N–H and O–H groups in total. The Bertz CT molecular complexity index is 524. The summed E-state index contributed by atoms with van der Waals surface area (Å²) in [5.41, 5.74) is -0.0585. The van der Waals surface area contributed by atoms with Gasteiger partial charge in [0.25, 0.3) is 0 Å². The van der Waals surface area contributed by atoms with Gasteiger partial charge in [-0.15, -0.1) is 13.2 Å². The molecule has 7 heteroatoms. The molecule has 0 heterocycles. The maximum Gasteiger partial charge on any atom is 0.573 e. The molecule has 1 aromatic rings. The molecule has 1 aromatic carbocycles. The van der Waals surface area contributed by atoms with E-state index >= 15 is 0 Å². The minimum Gasteiger partial charge on any atom is -0.406 e. The predicted octanol–water partition coefficient (Wildman–Crippen LogP) is 3.04. The Balaban J connectivity index is 2.54. The van der Waals surface area contributed by atoms with E-state index in [-0.39, 0.29) is 36.5 Å². The van der Waals surface area contributed by atoms with Crippen molar-refractivity contribution in [1.82, 2.24) is 5.32 Å². The van der Waals surface area contributed by atoms with Gasteiger partial charge in [-0.2, -0.15) is 0 Å². The monoisotopic (exact) mass is 333 g/mol. The molecular formula is C16H22F3NO3. The zero-order valence-corrected chi connectivity index (χ0v) is 13.4. The molecule has 0 bridgehead atoms. The van der Waals surface area contributed by atoms with Gasteiger partial charge in [0.1, 0.15) is 5.75 Å². The molecule has 130 valence electrons. The second-order valence-electron chi connectivity index (χ2n) is 6.34. The minimum atomic E-state index is -4.77. The molecule has 0 saturated heterocycles. The summed E-state index contributed by atoms with van der Waals surface area (Å²) in [5.74, 6) is -0.641. The van der Waals surface area contributed by atoms with E-state index in [2.05, 4.69) is 10.1 Å². The topological polar surface area (TPSA) is 58.6 Å². The van der Waals surface area contributed by atoms with Crippen LogP contribution in [0.5, 0.6) is 5.75 Å². The lowest BCUT2D eigenvalue weighted by Gasteiger charge is -2.25. The van der Waals surface area contributed by atoms with Crippen LogP contribution in [0.15, 0.2) is 24.3 Å². The van der Waals surface area contributed by atoms with Gasteiger partial charge in [-0.1, -0.05) is 39.0 Å². The molecule has 0 aromatic heterocycles. The van der Waals surface area contributed by atoms with Crippen LogP contribution < -0.4 is 10.1 Å². The number of aliphatic hydroxyl groups excluding tert-OH is 1. The van der Waals surface area contributed by atoms with Crippen molar-refractivity contribution in [3.63, 3.8) is 0 Å². The van der Waals surface area contributed by atoms with Gasteiger partial charge in [-0.05, 0) is 23.5 Å². The molecule has 0 aliphatic rings. The van der Waals surface area contributed by atoms with E-state index in [1.165, 1.54) is 18.2 Å². The van der Waals surface area contributed by atoms with Gasteiger partial charge in [0, 0.05) is 13.0 Å². The van der Waals surface area contributed by atoms with Crippen molar-refractivity contribution in [1.29, 1.82) is 0 Å². The minimum absolute atomic E-state index is 0.00902. The van der Waals surface area contributed by atoms with E-state index in [1.807, 2.05) is 20.8 Å². The van der Waals surface area contributed by atoms with Crippen LogP contribution in [0, 0.1) is 5.41 Å². The first-order valence-corrected chi connectivity index (χ1v) is 7.27. The SMILES string of the molecule is CC(C)(C)C(O)CNC(=O)CCc1ccccc1OC(F)(F)F. The van der Waals surface area contributed by atoms with Crippen molar-refractivity contribution < 1.29 is 27.8 Å². The fourth-order valence-corrected chi connectivity index (χ4v) is 1.79. The van der Waals surface area contributed by atoms with Gasteiger partial charge in [0.05, 0.1) is 6.10 Å². The third-order valence-corrected chi connectivity index (χ3v) is 3.31. The first-order valence-electron chi connectivity index (χ1n) is 7.27. The molecule has 0 fully saturated rings. The number of alkyl halides is 3. The van der Waals surface area contributed by atoms with Crippen LogP contribution in [0.3, 0.4) is 0 Å². The molecule has 0 radical (unpaired) electrons. The van der Waals surface area contributed by atoms with E-state index in [9.17, 15) is 23.1 Å². The summed E-state index contributed by atoms with van der Waals surface area (Å²) in [7, 11) is 0. The number of para-hydroxylation sites is 1. The van der Waals surface area contributed by atoms with Gasteiger partial charge in [-0.25, -0.2) is 0 Å². The summed E-state index contributed by atoms with van der Waals surface area (Å²) in [6.07, 6.45) is -5.35. The van der Waals surface area contributed by atoms with Crippen molar-refractivity contribution in [2.45, 2.75) is 46.1 Å². The summed E-state index contributed by atoms with van der Waals surface area (Å²) in [5, 5.41) is 12.4. The maximum atomic E-state index is 12.3. The Kier molecular flexibility index (Phi) is 6.44. The fraction of sp³-hybridized carbons (Fsp3) is 0.562. The summed E-state index contributed by atoms with van der Waals surface area (Å²) >= 11 is 0. The Labute approximate surface area is 133 Å². The quantitative estimate of drug-likeness (QED) is 0.841. The number of carbonyl (C=O) groups is 1. The van der Waals surface area contributed by atoms with Gasteiger partial charge in [0.15, 0.2) is 0 Å². The van der Waals surface area contributed by atoms with Gasteiger partial charge in [0.2, 0.25) is 5.91 Å². The average Bonchev–Trinajstić information content (AvgIpc) is 2.41. The van der Waals surface area contributed by atoms with Crippen LogP contribution in [0.1, 0.15) is 32.8 Å². The molecule has 23 heavy (non-hydrogen) atoms. The van der Waals surface area contributed by atoms with E-state index < -0.39 is 12.5 Å². The molecular weight excluding hydrogens is 311 g/mol. The van der Waals surface area contributed by atoms with E-state index in [1.54, 1.807) is 6.07 Å². The molecule has 1 atom stereocenters. The van der Waals surface area contributed by atoms with E-state index in [0.717, 1.165) is 0 Å². The predicted molar refractivity (Wildman–Crippen MR) is 79.9 cm³/mol. The summed E-state index contributed by atoms with van der Waals surface area (Å²) < 4.78 is 40.9. The number of halogens is 3. The second-order valence-corrected chi connectivity index (χ2v) is 6.34. The van der Waals surface area contributed by atoms with Crippen molar-refractivity contribution in [2.75, 3.05) is 6.54 Å². The highest BCUT2D eigenvalue weighted by atomic mass is 19.4. The van der Waals surface area contributed by atoms with Crippen molar-refractivity contribution in [3.8, 4) is 5.75 Å². The third kappa shape index (κ3) is 7.36. The summed E-state index contributed by atoms with van der Waals surface area (Å²) in [6.45, 7) is 5.63. The third-order valence-electron chi connectivity index (χ3n) is 3.31. The molecule has 1 rings (SSSR count). The molecule has 1 amide bonds. The maximum absolute atomic E-state index is 12.3. The van der Waals surface area contributed by atoms with E-state index in [4.69, 9.17) is 0 Å². The van der Waals surface area contributed by atoms with Crippen LogP contribution in [0.25, 0.3) is 0 Å². The molecule has 0 aliphatic heterocycles. The number of aryl methyl sites for hydroxylation is 1. The molecule has 4 nitrogen and oxygen atoms in total. The number of hydrogen-bond donors (Lipinski definition) is 2. The highest BCUT2D eigenvalue weighted by Crippen LogP contribution is 2.27. The number of ether oxygens (including phenoxy) is 1. The normalized spacial score (nSPS) is 13.5. The highest BCUT2D eigenvalue weighted by Gasteiger charge is 2.32. The largest absolute Gasteiger partial charge is 0.573 e. The van der Waals surface area contributed by atoms with Crippen LogP contribution in [-0.2, 0) is 11.2 Å². The number of amides is 1. The first kappa shape index (κ1) is 19.3. The van der Waals surface area contributed by atoms with Gasteiger partial charge in [-0.3, -0.25) is 4.79 Å². The number of rotatable bonds is 6. The lowest BCUT2D eigenvalue weighted by molar-refractivity contribution is -0.274. The number of nitrogens with one attached hydrogen (secondary N) is 1. The Hall–Kier alpha value is -1.76. The molecule has 0 spiro atoms. The average molecular weight is 333 g/mol. The first-order chi connectivity index (χ1) is 10.5. The lowest BCUT2D eigenvalue weighted by atomic mass is 9.89. The number of aliphatic hydroxyl groups is 1. The Morgan fingerprint density at radius 3 is 2.43 bits per heavy atom. The van der Waals surface area contributed by atoms with Crippen molar-refractivity contribution >= 4 is 5.91 Å². The smallest absolute Gasteiger partial charge is 0.406 e. The summed E-state index contributed by atoms with van der Waals surface area (Å²) in [6, 6.07) is 5.71. The molecule has 1 unspecified atom stereocenters. The van der Waals surface area contributed by atoms with Crippen LogP contribution in [-0.4, -0.2) is 30.0 Å². The number of benzene rings is 1. The van der Waals surface area contributed by atoms with Crippen molar-refractivity contribution in [2.24, 2.45) is 5.41 Å². The fourth-order valence-electron chi connectivity index (χ4n) is 1.79. The lowest BCUT2D eigenvalue weighted by Crippen LogP contribution is -2.39. The standard InChI is InChI=1S/C16H22F3NO3/c1-15(2,3)13(21)10-20-14(22)9-8-11-6-4-5-7-12(11)23-16(17,18)19/h4-7,13,21H,8-10H2,1-3H3,(H,20,22). The van der Waals surface area contributed by atoms with Crippen LogP contribution >= 0.6 is 0 Å². The van der Waals surface area contributed by atoms with Gasteiger partial charge >= 0.3 is 6.36 Å². The van der Waals surface area contributed by atoms with Crippen LogP contribution in [0.2, 0.25) is 0 Å². The Morgan fingerprint density at radius 2 is 1.87 bits per heavy atom. The van der Waals surface area contributed by atoms with Crippen LogP contribution in [0.4, 0.5) is 13.2 Å².